The van der Waals surface area contributed by atoms with E-state index in [9.17, 15) is 0 Å². The van der Waals surface area contributed by atoms with Crippen LogP contribution in [0, 0.1) is 0 Å². The molecule has 0 amide bonds. The number of nitrogens with zero attached hydrogens (tertiary/aromatic N) is 2. The largest absolute Gasteiger partial charge is 0.493 e. The van der Waals surface area contributed by atoms with Gasteiger partial charge in [0.15, 0.2) is 17.5 Å². The first-order valence-electron chi connectivity index (χ1n) is 11.7. The molecule has 1 aliphatic heterocycles. The summed E-state index contributed by atoms with van der Waals surface area (Å²) in [7, 11) is 1.70. The molecule has 174 valence electrons. The highest BCUT2D eigenvalue weighted by atomic mass is 16.5. The van der Waals surface area contributed by atoms with Crippen molar-refractivity contribution in [3.63, 3.8) is 0 Å². The van der Waals surface area contributed by atoms with Crippen molar-refractivity contribution in [2.75, 3.05) is 46.5 Å². The molecule has 1 aromatic carbocycles. The Kier molecular flexibility index (Phi) is 8.84. The van der Waals surface area contributed by atoms with E-state index in [0.29, 0.717) is 12.6 Å². The summed E-state index contributed by atoms with van der Waals surface area (Å²) in [5, 5.41) is 6.87. The number of aliphatic imine (C=N–C) groups is 1. The van der Waals surface area contributed by atoms with Crippen LogP contribution in [-0.2, 0) is 11.3 Å². The zero-order chi connectivity index (χ0) is 22.1. The summed E-state index contributed by atoms with van der Waals surface area (Å²) in [6.45, 7) is 12.4. The first kappa shape index (κ1) is 23.7. The maximum atomic E-state index is 6.15. The van der Waals surface area contributed by atoms with Crippen LogP contribution in [-0.4, -0.2) is 69.0 Å². The molecule has 7 heteroatoms. The molecular formula is C24H40N4O3. The van der Waals surface area contributed by atoms with E-state index in [1.54, 1.807) is 7.11 Å². The first-order valence-corrected chi connectivity index (χ1v) is 11.7. The summed E-state index contributed by atoms with van der Waals surface area (Å²) in [4.78, 5) is 7.27. The minimum atomic E-state index is 0.0302. The number of guanidine groups is 1. The lowest BCUT2D eigenvalue weighted by Crippen LogP contribution is -2.56. The Balaban J connectivity index is 1.59. The Morgan fingerprint density at radius 3 is 2.58 bits per heavy atom. The molecule has 0 radical (unpaired) electrons. The van der Waals surface area contributed by atoms with E-state index in [0.717, 1.165) is 75.3 Å². The fourth-order valence-corrected chi connectivity index (χ4v) is 4.19. The maximum absolute atomic E-state index is 6.15. The Morgan fingerprint density at radius 1 is 1.16 bits per heavy atom. The van der Waals surface area contributed by atoms with Gasteiger partial charge in [-0.1, -0.05) is 6.07 Å². The molecule has 1 aromatic rings. The molecule has 2 fully saturated rings. The second-order valence-electron chi connectivity index (χ2n) is 8.97. The highest BCUT2D eigenvalue weighted by molar-refractivity contribution is 5.79. The lowest BCUT2D eigenvalue weighted by Gasteiger charge is -2.41. The van der Waals surface area contributed by atoms with Gasteiger partial charge in [-0.2, -0.15) is 0 Å². The molecule has 0 bridgehead atoms. The monoisotopic (exact) mass is 432 g/mol. The van der Waals surface area contributed by atoms with Gasteiger partial charge in [0.2, 0.25) is 0 Å². The van der Waals surface area contributed by atoms with Crippen molar-refractivity contribution in [2.24, 2.45) is 4.99 Å². The van der Waals surface area contributed by atoms with E-state index in [-0.39, 0.29) is 5.54 Å². The molecular weight excluding hydrogens is 392 g/mol. The Labute approximate surface area is 187 Å². The third-order valence-corrected chi connectivity index (χ3v) is 6.14. The number of nitrogens with one attached hydrogen (secondary N) is 2. The Morgan fingerprint density at radius 2 is 1.90 bits per heavy atom. The van der Waals surface area contributed by atoms with Crippen LogP contribution in [0.1, 0.15) is 52.0 Å². The van der Waals surface area contributed by atoms with Crippen LogP contribution in [0.15, 0.2) is 23.2 Å². The van der Waals surface area contributed by atoms with Gasteiger partial charge in [-0.05, 0) is 64.2 Å². The molecule has 7 nitrogen and oxygen atoms in total. The molecule has 2 aliphatic rings. The predicted octanol–water partition coefficient (Wildman–Crippen LogP) is 3.18. The molecule has 1 heterocycles. The quantitative estimate of drug-likeness (QED) is 0.462. The zero-order valence-electron chi connectivity index (χ0n) is 19.7. The summed E-state index contributed by atoms with van der Waals surface area (Å²) < 4.78 is 17.2. The van der Waals surface area contributed by atoms with Crippen LogP contribution >= 0.6 is 0 Å². The van der Waals surface area contributed by atoms with Gasteiger partial charge in [-0.3, -0.25) is 4.90 Å². The standard InChI is InChI=1S/C24H40N4O3/c1-5-25-23(27-18-24(2,3)28-12-14-30-15-13-28)26-17-19-10-11-21(22(16-19)29-4)31-20-8-6-7-9-20/h10-11,16,20H,5-9,12-15,17-18H2,1-4H3,(H2,25,26,27). The summed E-state index contributed by atoms with van der Waals surface area (Å²) in [6.07, 6.45) is 5.09. The van der Waals surface area contributed by atoms with Gasteiger partial charge in [0, 0.05) is 31.7 Å². The average molecular weight is 433 g/mol. The van der Waals surface area contributed by atoms with Crippen LogP contribution in [0.3, 0.4) is 0 Å². The molecule has 1 aliphatic carbocycles. The van der Waals surface area contributed by atoms with Crippen LogP contribution in [0.25, 0.3) is 0 Å². The molecule has 3 rings (SSSR count). The molecule has 1 saturated carbocycles. The molecule has 0 unspecified atom stereocenters. The van der Waals surface area contributed by atoms with Gasteiger partial charge in [0.25, 0.3) is 0 Å². The van der Waals surface area contributed by atoms with Gasteiger partial charge in [0.05, 0.1) is 33.0 Å². The van der Waals surface area contributed by atoms with Crippen molar-refractivity contribution in [3.05, 3.63) is 23.8 Å². The number of benzene rings is 1. The molecule has 0 aromatic heterocycles. The van der Waals surface area contributed by atoms with Crippen molar-refractivity contribution in [1.82, 2.24) is 15.5 Å². The molecule has 1 saturated heterocycles. The average Bonchev–Trinajstić information content (AvgIpc) is 3.30. The summed E-state index contributed by atoms with van der Waals surface area (Å²) in [6, 6.07) is 6.14. The molecule has 0 atom stereocenters. The van der Waals surface area contributed by atoms with Crippen molar-refractivity contribution in [2.45, 2.75) is 64.6 Å². The van der Waals surface area contributed by atoms with Crippen LogP contribution in [0.5, 0.6) is 11.5 Å². The third-order valence-electron chi connectivity index (χ3n) is 6.14. The van der Waals surface area contributed by atoms with E-state index >= 15 is 0 Å². The van der Waals surface area contributed by atoms with E-state index in [2.05, 4.69) is 42.4 Å². The number of hydrogen-bond donors (Lipinski definition) is 2. The molecule has 31 heavy (non-hydrogen) atoms. The van der Waals surface area contributed by atoms with Gasteiger partial charge in [0.1, 0.15) is 0 Å². The van der Waals surface area contributed by atoms with Crippen molar-refractivity contribution in [1.29, 1.82) is 0 Å². The van der Waals surface area contributed by atoms with E-state index < -0.39 is 0 Å². The lowest BCUT2D eigenvalue weighted by molar-refractivity contribution is -0.00834. The summed E-state index contributed by atoms with van der Waals surface area (Å²) >= 11 is 0. The SMILES string of the molecule is CCNC(=NCc1ccc(OC2CCCC2)c(OC)c1)NCC(C)(C)N1CCOCC1. The summed E-state index contributed by atoms with van der Waals surface area (Å²) in [5.74, 6) is 2.44. The number of rotatable bonds is 9. The minimum Gasteiger partial charge on any atom is -0.493 e. The maximum Gasteiger partial charge on any atom is 0.191 e. The highest BCUT2D eigenvalue weighted by Gasteiger charge is 2.28. The van der Waals surface area contributed by atoms with Crippen molar-refractivity contribution in [3.8, 4) is 11.5 Å². The fourth-order valence-electron chi connectivity index (χ4n) is 4.19. The Hall–Kier alpha value is -1.99. The first-order chi connectivity index (χ1) is 15.0. The van der Waals surface area contributed by atoms with E-state index in [4.69, 9.17) is 19.2 Å². The fraction of sp³-hybridized carbons (Fsp3) is 0.708. The number of morpholine rings is 1. The topological polar surface area (TPSA) is 67.4 Å². The Bertz CT molecular complexity index is 711. The van der Waals surface area contributed by atoms with Crippen LogP contribution < -0.4 is 20.1 Å². The smallest absolute Gasteiger partial charge is 0.191 e. The van der Waals surface area contributed by atoms with Gasteiger partial charge >= 0.3 is 0 Å². The zero-order valence-corrected chi connectivity index (χ0v) is 19.7. The number of ether oxygens (including phenoxy) is 3. The second-order valence-corrected chi connectivity index (χ2v) is 8.97. The predicted molar refractivity (Wildman–Crippen MR) is 125 cm³/mol. The van der Waals surface area contributed by atoms with E-state index in [1.807, 2.05) is 12.1 Å². The van der Waals surface area contributed by atoms with Crippen LogP contribution in [0.2, 0.25) is 0 Å². The number of methoxy groups -OCH3 is 1. The van der Waals surface area contributed by atoms with Gasteiger partial charge in [-0.25, -0.2) is 4.99 Å². The third kappa shape index (κ3) is 7.01. The van der Waals surface area contributed by atoms with Crippen molar-refractivity contribution < 1.29 is 14.2 Å². The molecule has 2 N–H and O–H groups in total. The van der Waals surface area contributed by atoms with E-state index in [1.165, 1.54) is 12.8 Å². The van der Waals surface area contributed by atoms with Crippen molar-refractivity contribution >= 4 is 5.96 Å². The van der Waals surface area contributed by atoms with Gasteiger partial charge in [-0.15, -0.1) is 0 Å². The second kappa shape index (κ2) is 11.6. The normalized spacial score (nSPS) is 18.8. The van der Waals surface area contributed by atoms with Gasteiger partial charge < -0.3 is 24.8 Å². The highest BCUT2D eigenvalue weighted by Crippen LogP contribution is 2.32. The number of hydrogen-bond acceptors (Lipinski definition) is 5. The lowest BCUT2D eigenvalue weighted by atomic mass is 10.0. The minimum absolute atomic E-state index is 0.0302. The summed E-state index contributed by atoms with van der Waals surface area (Å²) in [5.41, 5.74) is 1.13. The van der Waals surface area contributed by atoms with Crippen LogP contribution in [0.4, 0.5) is 0 Å². The molecule has 0 spiro atoms.